The summed E-state index contributed by atoms with van der Waals surface area (Å²) >= 11 is 0. The highest BCUT2D eigenvalue weighted by Crippen LogP contribution is 2.31. The van der Waals surface area contributed by atoms with Gasteiger partial charge in [-0.2, -0.15) is 0 Å². The summed E-state index contributed by atoms with van der Waals surface area (Å²) in [5.41, 5.74) is 2.14. The van der Waals surface area contributed by atoms with Gasteiger partial charge in [-0.25, -0.2) is 9.97 Å². The summed E-state index contributed by atoms with van der Waals surface area (Å²) in [5, 5.41) is 3.26. The zero-order chi connectivity index (χ0) is 20.9. The number of hydrogen-bond donors (Lipinski definition) is 2. The molecule has 0 aliphatic carbocycles. The van der Waals surface area contributed by atoms with Crippen LogP contribution in [0.4, 0.5) is 11.5 Å². The van der Waals surface area contributed by atoms with Crippen LogP contribution in [0, 0.1) is 0 Å². The number of pyridine rings is 1. The van der Waals surface area contributed by atoms with Crippen LogP contribution in [0.3, 0.4) is 0 Å². The molecule has 0 unspecified atom stereocenters. The maximum atomic E-state index is 12.2. The van der Waals surface area contributed by atoms with Crippen LogP contribution in [0.25, 0.3) is 11.4 Å². The summed E-state index contributed by atoms with van der Waals surface area (Å²) in [5.74, 6) is 1.94. The molecule has 154 valence electrons. The first kappa shape index (κ1) is 19.6. The predicted octanol–water partition coefficient (Wildman–Crippen LogP) is 2.62. The monoisotopic (exact) mass is 405 g/mol. The fraction of sp³-hybridized carbons (Fsp3) is 0.273. The molecule has 0 saturated carbocycles. The van der Waals surface area contributed by atoms with Crippen LogP contribution in [-0.4, -0.2) is 40.6 Å². The summed E-state index contributed by atoms with van der Waals surface area (Å²) < 4.78 is 5.47. The van der Waals surface area contributed by atoms with Gasteiger partial charge in [0, 0.05) is 36.6 Å². The Kier molecular flexibility index (Phi) is 5.74. The summed E-state index contributed by atoms with van der Waals surface area (Å²) in [6, 6.07) is 12.8. The van der Waals surface area contributed by atoms with Crippen LogP contribution in [0.1, 0.15) is 19.0 Å². The Morgan fingerprint density at radius 1 is 1.20 bits per heavy atom. The van der Waals surface area contributed by atoms with E-state index >= 15 is 0 Å². The number of aromatic amines is 1. The fourth-order valence-electron chi connectivity index (χ4n) is 3.32. The van der Waals surface area contributed by atoms with E-state index in [0.717, 1.165) is 34.9 Å². The lowest BCUT2D eigenvalue weighted by molar-refractivity contribution is -0.121. The lowest BCUT2D eigenvalue weighted by Gasteiger charge is -2.29. The largest absolute Gasteiger partial charge is 0.482 e. The van der Waals surface area contributed by atoms with Crippen LogP contribution in [0.2, 0.25) is 0 Å². The van der Waals surface area contributed by atoms with Crippen molar-refractivity contribution in [3.05, 3.63) is 64.7 Å². The first-order valence-electron chi connectivity index (χ1n) is 9.97. The third-order valence-electron chi connectivity index (χ3n) is 4.87. The zero-order valence-corrected chi connectivity index (χ0v) is 16.7. The van der Waals surface area contributed by atoms with Crippen molar-refractivity contribution < 1.29 is 9.53 Å². The van der Waals surface area contributed by atoms with E-state index in [4.69, 9.17) is 4.74 Å². The third kappa shape index (κ3) is 4.32. The number of H-pyrrole nitrogens is 1. The van der Waals surface area contributed by atoms with E-state index in [2.05, 4.69) is 20.3 Å². The molecule has 4 rings (SSSR count). The van der Waals surface area contributed by atoms with Crippen molar-refractivity contribution in [1.29, 1.82) is 0 Å². The molecule has 0 radical (unpaired) electrons. The Balaban J connectivity index is 1.34. The molecule has 8 heteroatoms. The summed E-state index contributed by atoms with van der Waals surface area (Å²) in [6.45, 7) is 3.29. The molecule has 0 atom stereocenters. The van der Waals surface area contributed by atoms with Crippen LogP contribution < -0.4 is 20.5 Å². The highest BCUT2D eigenvalue weighted by molar-refractivity contribution is 5.97. The molecule has 1 aromatic carbocycles. The highest BCUT2D eigenvalue weighted by Gasteiger charge is 2.24. The second kappa shape index (κ2) is 8.77. The number of para-hydroxylation sites is 2. The Morgan fingerprint density at radius 3 is 2.87 bits per heavy atom. The molecule has 2 aromatic heterocycles. The van der Waals surface area contributed by atoms with Gasteiger partial charge >= 0.3 is 0 Å². The number of aryl methyl sites for hydroxylation is 1. The van der Waals surface area contributed by atoms with Gasteiger partial charge in [0.1, 0.15) is 17.4 Å². The van der Waals surface area contributed by atoms with Crippen molar-refractivity contribution >= 4 is 17.4 Å². The topological polar surface area (TPSA) is 100 Å². The minimum absolute atomic E-state index is 0.0352. The lowest BCUT2D eigenvalue weighted by Crippen LogP contribution is -2.39. The van der Waals surface area contributed by atoms with Gasteiger partial charge in [0.25, 0.3) is 11.5 Å². The van der Waals surface area contributed by atoms with Crippen molar-refractivity contribution in [3.63, 3.8) is 0 Å². The molecule has 0 saturated heterocycles. The van der Waals surface area contributed by atoms with E-state index in [9.17, 15) is 9.59 Å². The Hall–Kier alpha value is -3.68. The van der Waals surface area contributed by atoms with Crippen LogP contribution in [0.15, 0.2) is 53.5 Å². The molecule has 0 bridgehead atoms. The van der Waals surface area contributed by atoms with E-state index in [0.29, 0.717) is 25.3 Å². The Bertz CT molecular complexity index is 1090. The maximum absolute atomic E-state index is 12.2. The fourth-order valence-corrected chi connectivity index (χ4v) is 3.32. The van der Waals surface area contributed by atoms with E-state index < -0.39 is 0 Å². The number of aromatic nitrogens is 3. The standard InChI is InChI=1S/C22H23N5O3/c1-2-16-12-20(28)26-22(25-16)15-8-9-19(24-13-15)23-10-5-11-27-17-6-3-4-7-18(17)30-14-21(27)29/h3-4,6-9,12-13H,2,5,10-11,14H2,1H3,(H,23,24)(H,25,26,28). The Morgan fingerprint density at radius 2 is 2.07 bits per heavy atom. The molecular weight excluding hydrogens is 382 g/mol. The highest BCUT2D eigenvalue weighted by atomic mass is 16.5. The molecule has 8 nitrogen and oxygen atoms in total. The number of nitrogens with one attached hydrogen (secondary N) is 2. The number of carbonyl (C=O) groups excluding carboxylic acids is 1. The number of nitrogens with zero attached hydrogens (tertiary/aromatic N) is 3. The molecule has 2 N–H and O–H groups in total. The zero-order valence-electron chi connectivity index (χ0n) is 16.7. The van der Waals surface area contributed by atoms with Crippen molar-refractivity contribution in [2.75, 3.05) is 29.9 Å². The minimum Gasteiger partial charge on any atom is -0.482 e. The predicted molar refractivity (Wildman–Crippen MR) is 115 cm³/mol. The molecule has 0 fully saturated rings. The van der Waals surface area contributed by atoms with Gasteiger partial charge in [-0.1, -0.05) is 19.1 Å². The molecule has 3 aromatic rings. The number of anilines is 2. The maximum Gasteiger partial charge on any atom is 0.265 e. The number of ether oxygens (including phenoxy) is 1. The van der Waals surface area contributed by atoms with Gasteiger partial charge in [-0.15, -0.1) is 0 Å². The minimum atomic E-state index is -0.168. The van der Waals surface area contributed by atoms with Gasteiger partial charge in [0.2, 0.25) is 0 Å². The van der Waals surface area contributed by atoms with Crippen molar-refractivity contribution in [2.24, 2.45) is 0 Å². The summed E-state index contributed by atoms with van der Waals surface area (Å²) in [7, 11) is 0. The molecule has 1 aliphatic heterocycles. The number of benzene rings is 1. The van der Waals surface area contributed by atoms with Crippen molar-refractivity contribution in [1.82, 2.24) is 15.0 Å². The smallest absolute Gasteiger partial charge is 0.265 e. The summed E-state index contributed by atoms with van der Waals surface area (Å²) in [6.07, 6.45) is 3.14. The van der Waals surface area contributed by atoms with Crippen LogP contribution in [-0.2, 0) is 11.2 Å². The first-order valence-corrected chi connectivity index (χ1v) is 9.97. The molecular formula is C22H23N5O3. The van der Waals surface area contributed by atoms with Crippen LogP contribution in [0.5, 0.6) is 5.75 Å². The van der Waals surface area contributed by atoms with Crippen molar-refractivity contribution in [2.45, 2.75) is 19.8 Å². The normalized spacial score (nSPS) is 13.0. The van der Waals surface area contributed by atoms with Gasteiger partial charge in [0.15, 0.2) is 6.61 Å². The van der Waals surface area contributed by atoms with Gasteiger partial charge in [-0.05, 0) is 37.1 Å². The van der Waals surface area contributed by atoms with Crippen molar-refractivity contribution in [3.8, 4) is 17.1 Å². The first-order chi connectivity index (χ1) is 14.6. The number of carbonyl (C=O) groups is 1. The Labute approximate surface area is 173 Å². The lowest BCUT2D eigenvalue weighted by atomic mass is 10.2. The van der Waals surface area contributed by atoms with Gasteiger partial charge < -0.3 is 19.9 Å². The number of fused-ring (bicyclic) bond motifs is 1. The molecule has 0 spiro atoms. The molecule has 1 aliphatic rings. The third-order valence-corrected chi connectivity index (χ3v) is 4.87. The molecule has 3 heterocycles. The average molecular weight is 405 g/mol. The van der Waals surface area contributed by atoms with E-state index in [1.165, 1.54) is 6.07 Å². The van der Waals surface area contributed by atoms with Gasteiger partial charge in [-0.3, -0.25) is 9.59 Å². The van der Waals surface area contributed by atoms with E-state index in [1.807, 2.05) is 43.3 Å². The average Bonchev–Trinajstić information content (AvgIpc) is 2.77. The number of hydrogen-bond acceptors (Lipinski definition) is 6. The molecule has 1 amide bonds. The van der Waals surface area contributed by atoms with E-state index in [1.54, 1.807) is 11.1 Å². The quantitative estimate of drug-likeness (QED) is 0.586. The second-order valence-corrected chi connectivity index (χ2v) is 6.95. The second-order valence-electron chi connectivity index (χ2n) is 6.95. The number of amides is 1. The van der Waals surface area contributed by atoms with Gasteiger partial charge in [0.05, 0.1) is 5.69 Å². The summed E-state index contributed by atoms with van der Waals surface area (Å²) in [4.78, 5) is 37.3. The SMILES string of the molecule is CCc1cc(=O)[nH]c(-c2ccc(NCCCN3C(=O)COc4ccccc43)nc2)n1. The van der Waals surface area contributed by atoms with E-state index in [-0.39, 0.29) is 18.1 Å². The molecule has 30 heavy (non-hydrogen) atoms. The van der Waals surface area contributed by atoms with Crippen LogP contribution >= 0.6 is 0 Å². The number of rotatable bonds is 7.